The molecule has 1 aliphatic rings. The molecular formula is C16H27N3. The molecule has 0 unspecified atom stereocenters. The van der Waals surface area contributed by atoms with Gasteiger partial charge in [-0.15, -0.1) is 0 Å². The number of benzene rings is 1. The molecule has 1 aliphatic heterocycles. The Labute approximate surface area is 117 Å². The van der Waals surface area contributed by atoms with Gasteiger partial charge in [-0.2, -0.15) is 0 Å². The molecule has 3 nitrogen and oxygen atoms in total. The zero-order chi connectivity index (χ0) is 13.7. The smallest absolute Gasteiger partial charge is 0.0343 e. The van der Waals surface area contributed by atoms with Crippen molar-refractivity contribution in [2.75, 3.05) is 51.6 Å². The van der Waals surface area contributed by atoms with Gasteiger partial charge in [0.25, 0.3) is 0 Å². The van der Waals surface area contributed by atoms with Gasteiger partial charge in [0, 0.05) is 45.0 Å². The van der Waals surface area contributed by atoms with Crippen LogP contribution in [0.3, 0.4) is 0 Å². The number of hydrogen-bond acceptors (Lipinski definition) is 3. The third-order valence-corrected chi connectivity index (χ3v) is 3.91. The molecule has 3 heteroatoms. The van der Waals surface area contributed by atoms with Gasteiger partial charge in [0.1, 0.15) is 0 Å². The molecule has 1 N–H and O–H groups in total. The summed E-state index contributed by atoms with van der Waals surface area (Å²) in [4.78, 5) is 4.94. The fourth-order valence-corrected chi connectivity index (χ4v) is 2.44. The van der Waals surface area contributed by atoms with Gasteiger partial charge in [-0.3, -0.25) is 4.90 Å². The van der Waals surface area contributed by atoms with Crippen molar-refractivity contribution in [3.8, 4) is 0 Å². The monoisotopic (exact) mass is 261 g/mol. The van der Waals surface area contributed by atoms with E-state index in [0.29, 0.717) is 5.92 Å². The lowest BCUT2D eigenvalue weighted by Gasteiger charge is -2.32. The van der Waals surface area contributed by atoms with Crippen LogP contribution in [0.5, 0.6) is 0 Å². The third-order valence-electron chi connectivity index (χ3n) is 3.91. The summed E-state index contributed by atoms with van der Waals surface area (Å²) in [5, 5.41) is 3.54. The Kier molecular flexibility index (Phi) is 5.23. The number of nitrogens with zero attached hydrogens (tertiary/aromatic N) is 2. The maximum Gasteiger partial charge on any atom is 0.0343 e. The van der Waals surface area contributed by atoms with Gasteiger partial charge in [-0.1, -0.05) is 26.0 Å². The number of rotatable bonds is 5. The molecule has 19 heavy (non-hydrogen) atoms. The first kappa shape index (κ1) is 14.4. The van der Waals surface area contributed by atoms with Gasteiger partial charge in [0.2, 0.25) is 0 Å². The summed E-state index contributed by atoms with van der Waals surface area (Å²) in [6.07, 6.45) is 0. The number of anilines is 1. The van der Waals surface area contributed by atoms with Crippen molar-refractivity contribution < 1.29 is 0 Å². The number of likely N-dealkylation sites (N-methyl/N-ethyl adjacent to an activating group) is 1. The Bertz CT molecular complexity index is 381. The van der Waals surface area contributed by atoms with Crippen LogP contribution in [-0.4, -0.2) is 56.1 Å². The van der Waals surface area contributed by atoms with Crippen LogP contribution in [0.25, 0.3) is 0 Å². The summed E-state index contributed by atoms with van der Waals surface area (Å²) in [6, 6.07) is 8.79. The molecule has 1 fully saturated rings. The SMILES string of the molecule is CC(C)c1cccc(NCCN2CCN(C)CC2)c1. The minimum atomic E-state index is 0.597. The number of nitrogens with one attached hydrogen (secondary N) is 1. The first-order valence-electron chi connectivity index (χ1n) is 7.40. The van der Waals surface area contributed by atoms with Crippen LogP contribution in [-0.2, 0) is 0 Å². The van der Waals surface area contributed by atoms with E-state index in [2.05, 4.69) is 60.3 Å². The van der Waals surface area contributed by atoms with Crippen LogP contribution < -0.4 is 5.32 Å². The molecule has 1 aromatic rings. The summed E-state index contributed by atoms with van der Waals surface area (Å²) in [6.45, 7) is 11.4. The topological polar surface area (TPSA) is 18.5 Å². The lowest BCUT2D eigenvalue weighted by Crippen LogP contribution is -2.45. The van der Waals surface area contributed by atoms with Crippen molar-refractivity contribution in [2.24, 2.45) is 0 Å². The molecule has 0 bridgehead atoms. The van der Waals surface area contributed by atoms with Gasteiger partial charge in [-0.25, -0.2) is 0 Å². The van der Waals surface area contributed by atoms with E-state index in [-0.39, 0.29) is 0 Å². The highest BCUT2D eigenvalue weighted by atomic mass is 15.2. The van der Waals surface area contributed by atoms with E-state index in [9.17, 15) is 0 Å². The lowest BCUT2D eigenvalue weighted by atomic mass is 10.0. The quantitative estimate of drug-likeness (QED) is 0.878. The molecule has 0 atom stereocenters. The fraction of sp³-hybridized carbons (Fsp3) is 0.625. The summed E-state index contributed by atoms with van der Waals surface area (Å²) in [5.41, 5.74) is 2.66. The highest BCUT2D eigenvalue weighted by Crippen LogP contribution is 2.18. The molecule has 0 radical (unpaired) electrons. The fourth-order valence-electron chi connectivity index (χ4n) is 2.44. The van der Waals surface area contributed by atoms with Crippen molar-refractivity contribution in [2.45, 2.75) is 19.8 Å². The standard InChI is InChI=1S/C16H27N3/c1-14(2)15-5-4-6-16(13-15)17-7-8-19-11-9-18(3)10-12-19/h4-6,13-14,17H,7-12H2,1-3H3. The van der Waals surface area contributed by atoms with Crippen LogP contribution in [0.1, 0.15) is 25.3 Å². The largest absolute Gasteiger partial charge is 0.384 e. The highest BCUT2D eigenvalue weighted by Gasteiger charge is 2.12. The van der Waals surface area contributed by atoms with Gasteiger partial charge in [0.05, 0.1) is 0 Å². The van der Waals surface area contributed by atoms with E-state index in [1.165, 1.54) is 37.4 Å². The highest BCUT2D eigenvalue weighted by molar-refractivity contribution is 5.46. The lowest BCUT2D eigenvalue weighted by molar-refractivity contribution is 0.158. The van der Waals surface area contributed by atoms with Crippen LogP contribution in [0, 0.1) is 0 Å². The summed E-state index contributed by atoms with van der Waals surface area (Å²) in [7, 11) is 2.20. The normalized spacial score (nSPS) is 17.9. The molecular weight excluding hydrogens is 234 g/mol. The van der Waals surface area contributed by atoms with Gasteiger partial charge in [-0.05, 0) is 30.7 Å². The van der Waals surface area contributed by atoms with Crippen LogP contribution in [0.15, 0.2) is 24.3 Å². The maximum atomic E-state index is 3.54. The Hall–Kier alpha value is -1.06. The zero-order valence-electron chi connectivity index (χ0n) is 12.5. The van der Waals surface area contributed by atoms with E-state index < -0.39 is 0 Å². The van der Waals surface area contributed by atoms with Crippen molar-refractivity contribution in [3.05, 3.63) is 29.8 Å². The van der Waals surface area contributed by atoms with Crippen molar-refractivity contribution >= 4 is 5.69 Å². The van der Waals surface area contributed by atoms with E-state index in [1.54, 1.807) is 0 Å². The second-order valence-corrected chi connectivity index (χ2v) is 5.85. The molecule has 106 valence electrons. The second-order valence-electron chi connectivity index (χ2n) is 5.85. The molecule has 0 spiro atoms. The Morgan fingerprint density at radius 2 is 1.89 bits per heavy atom. The van der Waals surface area contributed by atoms with E-state index in [4.69, 9.17) is 0 Å². The summed E-state index contributed by atoms with van der Waals surface area (Å²) in [5.74, 6) is 0.597. The Morgan fingerprint density at radius 1 is 1.16 bits per heavy atom. The van der Waals surface area contributed by atoms with Crippen LogP contribution >= 0.6 is 0 Å². The van der Waals surface area contributed by atoms with Crippen molar-refractivity contribution in [3.63, 3.8) is 0 Å². The maximum absolute atomic E-state index is 3.54. The average Bonchev–Trinajstić information content (AvgIpc) is 2.41. The van der Waals surface area contributed by atoms with Crippen LogP contribution in [0.2, 0.25) is 0 Å². The molecule has 0 saturated carbocycles. The predicted octanol–water partition coefficient (Wildman–Crippen LogP) is 2.47. The van der Waals surface area contributed by atoms with Crippen LogP contribution in [0.4, 0.5) is 5.69 Å². The number of piperazine rings is 1. The van der Waals surface area contributed by atoms with E-state index in [1.807, 2.05) is 0 Å². The molecule has 2 rings (SSSR count). The second kappa shape index (κ2) is 6.92. The Balaban J connectivity index is 1.75. The molecule has 1 heterocycles. The first-order valence-corrected chi connectivity index (χ1v) is 7.40. The first-order chi connectivity index (χ1) is 9.15. The predicted molar refractivity (Wildman–Crippen MR) is 83.0 cm³/mol. The molecule has 0 aromatic heterocycles. The molecule has 1 saturated heterocycles. The van der Waals surface area contributed by atoms with E-state index >= 15 is 0 Å². The molecule has 0 amide bonds. The third kappa shape index (κ3) is 4.51. The molecule has 0 aliphatic carbocycles. The van der Waals surface area contributed by atoms with Gasteiger partial charge in [0.15, 0.2) is 0 Å². The summed E-state index contributed by atoms with van der Waals surface area (Å²) < 4.78 is 0. The van der Waals surface area contributed by atoms with Crippen molar-refractivity contribution in [1.82, 2.24) is 9.80 Å². The Morgan fingerprint density at radius 3 is 2.58 bits per heavy atom. The van der Waals surface area contributed by atoms with Crippen molar-refractivity contribution in [1.29, 1.82) is 0 Å². The number of hydrogen-bond donors (Lipinski definition) is 1. The van der Waals surface area contributed by atoms with Gasteiger partial charge < -0.3 is 10.2 Å². The van der Waals surface area contributed by atoms with E-state index in [0.717, 1.165) is 13.1 Å². The minimum Gasteiger partial charge on any atom is -0.384 e. The summed E-state index contributed by atoms with van der Waals surface area (Å²) >= 11 is 0. The average molecular weight is 261 g/mol. The zero-order valence-corrected chi connectivity index (χ0v) is 12.5. The minimum absolute atomic E-state index is 0.597. The van der Waals surface area contributed by atoms with Gasteiger partial charge >= 0.3 is 0 Å². The molecule has 1 aromatic carbocycles.